The van der Waals surface area contributed by atoms with Gasteiger partial charge >= 0.3 is 0 Å². The minimum absolute atomic E-state index is 0.0311. The molecule has 0 heterocycles. The Labute approximate surface area is 109 Å². The van der Waals surface area contributed by atoms with Crippen LogP contribution in [-0.4, -0.2) is 5.54 Å². The molecule has 2 heteroatoms. The van der Waals surface area contributed by atoms with E-state index in [0.717, 1.165) is 30.2 Å². The van der Waals surface area contributed by atoms with E-state index in [4.69, 9.17) is 17.3 Å². The van der Waals surface area contributed by atoms with Crippen molar-refractivity contribution in [2.75, 3.05) is 0 Å². The van der Waals surface area contributed by atoms with Crippen LogP contribution in [0.15, 0.2) is 24.3 Å². The number of hydrogen-bond acceptors (Lipinski definition) is 1. The lowest BCUT2D eigenvalue weighted by Gasteiger charge is -2.37. The largest absolute Gasteiger partial charge is 0.325 e. The van der Waals surface area contributed by atoms with Crippen LogP contribution in [0.25, 0.3) is 0 Å². The van der Waals surface area contributed by atoms with Gasteiger partial charge < -0.3 is 5.73 Å². The van der Waals surface area contributed by atoms with E-state index in [0.29, 0.717) is 0 Å². The number of benzene rings is 1. The van der Waals surface area contributed by atoms with Crippen LogP contribution in [-0.2, 0) is 6.42 Å². The van der Waals surface area contributed by atoms with Gasteiger partial charge in [-0.15, -0.1) is 0 Å². The van der Waals surface area contributed by atoms with Gasteiger partial charge in [0, 0.05) is 10.6 Å². The van der Waals surface area contributed by atoms with Gasteiger partial charge in [-0.05, 0) is 49.7 Å². The van der Waals surface area contributed by atoms with Crippen molar-refractivity contribution in [1.29, 1.82) is 0 Å². The first-order valence-corrected chi connectivity index (χ1v) is 7.03. The Bertz CT molecular complexity index is 367. The molecule has 1 fully saturated rings. The van der Waals surface area contributed by atoms with E-state index in [1.165, 1.54) is 24.8 Å². The van der Waals surface area contributed by atoms with Gasteiger partial charge in [-0.2, -0.15) is 0 Å². The average molecular weight is 252 g/mol. The zero-order valence-corrected chi connectivity index (χ0v) is 11.3. The van der Waals surface area contributed by atoms with Crippen molar-refractivity contribution < 1.29 is 0 Å². The molecule has 2 rings (SSSR count). The van der Waals surface area contributed by atoms with E-state index in [9.17, 15) is 0 Å². The first-order valence-electron chi connectivity index (χ1n) is 6.65. The molecule has 1 nitrogen and oxygen atoms in total. The van der Waals surface area contributed by atoms with Crippen molar-refractivity contribution in [3.63, 3.8) is 0 Å². The molecular formula is C15H22ClN. The van der Waals surface area contributed by atoms with E-state index in [-0.39, 0.29) is 5.54 Å². The summed E-state index contributed by atoms with van der Waals surface area (Å²) in [5.74, 6) is 0.887. The van der Waals surface area contributed by atoms with Crippen LogP contribution in [0.3, 0.4) is 0 Å². The van der Waals surface area contributed by atoms with E-state index >= 15 is 0 Å². The third kappa shape index (κ3) is 3.23. The highest BCUT2D eigenvalue weighted by molar-refractivity contribution is 6.31. The second kappa shape index (κ2) is 5.41. The van der Waals surface area contributed by atoms with Crippen LogP contribution in [0.1, 0.15) is 44.6 Å². The second-order valence-corrected chi connectivity index (χ2v) is 5.89. The van der Waals surface area contributed by atoms with Gasteiger partial charge in [0.15, 0.2) is 0 Å². The maximum Gasteiger partial charge on any atom is 0.0438 e. The number of rotatable bonds is 3. The molecule has 1 saturated carbocycles. The second-order valence-electron chi connectivity index (χ2n) is 5.48. The number of hydrogen-bond donors (Lipinski definition) is 1. The van der Waals surface area contributed by atoms with Crippen molar-refractivity contribution >= 4 is 11.6 Å². The van der Waals surface area contributed by atoms with Crippen LogP contribution in [0.2, 0.25) is 5.02 Å². The SMILES string of the molecule is CCC1CCC(N)(Cc2ccccc2Cl)CC1. The Balaban J connectivity index is 2.01. The predicted molar refractivity (Wildman–Crippen MR) is 74.3 cm³/mol. The summed E-state index contributed by atoms with van der Waals surface area (Å²) in [6, 6.07) is 8.08. The van der Waals surface area contributed by atoms with Crippen LogP contribution in [0.4, 0.5) is 0 Å². The van der Waals surface area contributed by atoms with Crippen molar-refractivity contribution in [1.82, 2.24) is 0 Å². The van der Waals surface area contributed by atoms with Crippen LogP contribution in [0, 0.1) is 5.92 Å². The minimum Gasteiger partial charge on any atom is -0.325 e. The molecule has 1 aromatic rings. The van der Waals surface area contributed by atoms with Gasteiger partial charge in [0.2, 0.25) is 0 Å². The first-order chi connectivity index (χ1) is 8.13. The molecule has 17 heavy (non-hydrogen) atoms. The smallest absolute Gasteiger partial charge is 0.0438 e. The summed E-state index contributed by atoms with van der Waals surface area (Å²) in [6.07, 6.45) is 7.04. The molecule has 0 unspecified atom stereocenters. The lowest BCUT2D eigenvalue weighted by molar-refractivity contribution is 0.228. The minimum atomic E-state index is -0.0311. The molecule has 1 aromatic carbocycles. The van der Waals surface area contributed by atoms with Gasteiger partial charge in [-0.3, -0.25) is 0 Å². The summed E-state index contributed by atoms with van der Waals surface area (Å²) in [5.41, 5.74) is 7.69. The topological polar surface area (TPSA) is 26.0 Å². The Morgan fingerprint density at radius 2 is 1.94 bits per heavy atom. The molecule has 0 bridgehead atoms. The van der Waals surface area contributed by atoms with Crippen LogP contribution < -0.4 is 5.73 Å². The molecule has 0 atom stereocenters. The predicted octanol–water partition coefficient (Wildman–Crippen LogP) is 4.18. The summed E-state index contributed by atoms with van der Waals surface area (Å²) >= 11 is 6.21. The lowest BCUT2D eigenvalue weighted by atomic mass is 9.73. The van der Waals surface area contributed by atoms with E-state index in [1.807, 2.05) is 18.2 Å². The Morgan fingerprint density at radius 1 is 1.29 bits per heavy atom. The summed E-state index contributed by atoms with van der Waals surface area (Å²) in [7, 11) is 0. The highest BCUT2D eigenvalue weighted by atomic mass is 35.5. The molecule has 1 aliphatic carbocycles. The van der Waals surface area contributed by atoms with Gasteiger partial charge in [0.05, 0.1) is 0 Å². The molecule has 0 radical (unpaired) electrons. The van der Waals surface area contributed by atoms with E-state index < -0.39 is 0 Å². The van der Waals surface area contributed by atoms with Gasteiger partial charge in [0.25, 0.3) is 0 Å². The third-order valence-corrected chi connectivity index (χ3v) is 4.55. The summed E-state index contributed by atoms with van der Waals surface area (Å²) in [5, 5.41) is 0.856. The van der Waals surface area contributed by atoms with Gasteiger partial charge in [0.1, 0.15) is 0 Å². The molecule has 2 N–H and O–H groups in total. The van der Waals surface area contributed by atoms with Crippen LogP contribution in [0.5, 0.6) is 0 Å². The molecule has 0 aromatic heterocycles. The summed E-state index contributed by atoms with van der Waals surface area (Å²) in [6.45, 7) is 2.28. The Hall–Kier alpha value is -0.530. The third-order valence-electron chi connectivity index (χ3n) is 4.18. The van der Waals surface area contributed by atoms with Crippen molar-refractivity contribution in [2.45, 2.75) is 51.0 Å². The van der Waals surface area contributed by atoms with Crippen molar-refractivity contribution in [3.05, 3.63) is 34.9 Å². The Kier molecular flexibility index (Phi) is 4.11. The van der Waals surface area contributed by atoms with Gasteiger partial charge in [-0.25, -0.2) is 0 Å². The zero-order valence-electron chi connectivity index (χ0n) is 10.6. The maximum atomic E-state index is 6.52. The molecule has 1 aliphatic rings. The first kappa shape index (κ1) is 12.9. The van der Waals surface area contributed by atoms with Crippen molar-refractivity contribution in [3.8, 4) is 0 Å². The quantitative estimate of drug-likeness (QED) is 0.857. The molecular weight excluding hydrogens is 230 g/mol. The molecule has 0 amide bonds. The standard InChI is InChI=1S/C15H22ClN/c1-2-12-7-9-15(17,10-8-12)11-13-5-3-4-6-14(13)16/h3-6,12H,2,7-11,17H2,1H3. The van der Waals surface area contributed by atoms with E-state index in [2.05, 4.69) is 13.0 Å². The molecule has 0 saturated heterocycles. The monoisotopic (exact) mass is 251 g/mol. The molecule has 0 spiro atoms. The zero-order chi connectivity index (χ0) is 12.3. The van der Waals surface area contributed by atoms with Crippen LogP contribution >= 0.6 is 11.6 Å². The van der Waals surface area contributed by atoms with Gasteiger partial charge in [-0.1, -0.05) is 43.1 Å². The summed E-state index contributed by atoms with van der Waals surface area (Å²) < 4.78 is 0. The normalized spacial score (nSPS) is 29.2. The maximum absolute atomic E-state index is 6.52. The average Bonchev–Trinajstić information content (AvgIpc) is 2.33. The van der Waals surface area contributed by atoms with Crippen molar-refractivity contribution in [2.24, 2.45) is 11.7 Å². The Morgan fingerprint density at radius 3 is 2.53 bits per heavy atom. The summed E-state index contributed by atoms with van der Waals surface area (Å²) in [4.78, 5) is 0. The lowest BCUT2D eigenvalue weighted by Crippen LogP contribution is -2.45. The highest BCUT2D eigenvalue weighted by Gasteiger charge is 2.31. The fraction of sp³-hybridized carbons (Fsp3) is 0.600. The number of nitrogens with two attached hydrogens (primary N) is 1. The molecule has 94 valence electrons. The van der Waals surface area contributed by atoms with E-state index in [1.54, 1.807) is 0 Å². The molecule has 0 aliphatic heterocycles. The highest BCUT2D eigenvalue weighted by Crippen LogP contribution is 2.35. The number of halogens is 1. The fourth-order valence-corrected chi connectivity index (χ4v) is 3.06. The fourth-order valence-electron chi connectivity index (χ4n) is 2.86.